The molecule has 1 aliphatic heterocycles. The second-order valence-corrected chi connectivity index (χ2v) is 10.2. The van der Waals surface area contributed by atoms with Crippen molar-refractivity contribution in [2.24, 2.45) is 5.73 Å². The first kappa shape index (κ1) is 21.3. The summed E-state index contributed by atoms with van der Waals surface area (Å²) in [5.41, 5.74) is 15.2. The van der Waals surface area contributed by atoms with Gasteiger partial charge in [-0.3, -0.25) is 4.79 Å². The number of hydrogen-bond acceptors (Lipinski definition) is 7. The number of halogens is 1. The summed E-state index contributed by atoms with van der Waals surface area (Å²) in [6, 6.07) is 10.8. The summed E-state index contributed by atoms with van der Waals surface area (Å²) in [5.74, 6) is 0.316. The first-order chi connectivity index (χ1) is 16.4. The van der Waals surface area contributed by atoms with Crippen LogP contribution in [-0.4, -0.2) is 50.1 Å². The number of rotatable bonds is 5. The third kappa shape index (κ3) is 3.67. The van der Waals surface area contributed by atoms with Crippen LogP contribution in [0.3, 0.4) is 0 Å². The Balaban J connectivity index is 1.41. The Kier molecular flexibility index (Phi) is 4.96. The third-order valence-electron chi connectivity index (χ3n) is 6.83. The lowest BCUT2D eigenvalue weighted by Gasteiger charge is -2.27. The van der Waals surface area contributed by atoms with E-state index in [2.05, 4.69) is 65.4 Å². The van der Waals surface area contributed by atoms with Crippen molar-refractivity contribution in [1.82, 2.24) is 24.8 Å². The Labute approximate surface area is 204 Å². The number of nitrogens with zero attached hydrogens (tertiary/aromatic N) is 5. The number of nitrogen functional groups attached to an aromatic ring is 1. The highest BCUT2D eigenvalue weighted by Crippen LogP contribution is 2.35. The van der Waals surface area contributed by atoms with Crippen molar-refractivity contribution in [1.29, 1.82) is 0 Å². The quantitative estimate of drug-likeness (QED) is 0.368. The molecule has 1 saturated carbocycles. The average molecular weight is 521 g/mol. The summed E-state index contributed by atoms with van der Waals surface area (Å²) in [7, 11) is 0. The molecule has 1 amide bonds. The fraction of sp³-hybridized carbons (Fsp3) is 0.333. The molecule has 4 aromatic rings. The number of carbonyl (C=O) groups is 1. The molecule has 1 saturated heterocycles. The maximum atomic E-state index is 12.9. The number of nitrogens with one attached hydrogen (secondary N) is 1. The maximum absolute atomic E-state index is 12.9. The van der Waals surface area contributed by atoms with Gasteiger partial charge in [0.1, 0.15) is 17.4 Å². The highest BCUT2D eigenvalue weighted by atomic mass is 79.9. The molecule has 0 bridgehead atoms. The van der Waals surface area contributed by atoms with Crippen LogP contribution in [0, 0.1) is 0 Å². The molecule has 5 N–H and O–H groups in total. The van der Waals surface area contributed by atoms with Crippen LogP contribution in [0.5, 0.6) is 0 Å². The van der Waals surface area contributed by atoms with E-state index in [4.69, 9.17) is 11.5 Å². The van der Waals surface area contributed by atoms with E-state index in [-0.39, 0.29) is 5.91 Å². The predicted octanol–water partition coefficient (Wildman–Crippen LogP) is 2.56. The standard InChI is InChI=1S/C24H25BrN8O/c25-15-2-5-17-14(9-15)1-6-19(32-8-7-24(27,11-32)23(34)31-16-3-4-16)18(17)10-33-13-30-20-21(26)28-12-29-22(20)33/h1-2,5-6,9,12-13,16H,3-4,7-8,10-11,27H2,(H,31,34)(H2,26,28,29)/t24-/m1/s1. The van der Waals surface area contributed by atoms with Gasteiger partial charge in [0.05, 0.1) is 12.9 Å². The summed E-state index contributed by atoms with van der Waals surface area (Å²) >= 11 is 3.58. The molecule has 2 aromatic carbocycles. The average Bonchev–Trinajstić information content (AvgIpc) is 3.39. The number of hydrogen-bond donors (Lipinski definition) is 3. The fourth-order valence-electron chi connectivity index (χ4n) is 4.78. The van der Waals surface area contributed by atoms with Crippen LogP contribution in [0.25, 0.3) is 21.9 Å². The zero-order valence-corrected chi connectivity index (χ0v) is 20.1. The van der Waals surface area contributed by atoms with Crippen molar-refractivity contribution in [3.05, 3.63) is 53.0 Å². The Bertz CT molecular complexity index is 1430. The van der Waals surface area contributed by atoms with Crippen molar-refractivity contribution >= 4 is 55.3 Å². The van der Waals surface area contributed by atoms with Crippen LogP contribution >= 0.6 is 15.9 Å². The van der Waals surface area contributed by atoms with Gasteiger partial charge in [-0.25, -0.2) is 15.0 Å². The number of anilines is 2. The van der Waals surface area contributed by atoms with E-state index in [0.717, 1.165) is 39.3 Å². The van der Waals surface area contributed by atoms with Crippen LogP contribution < -0.4 is 21.7 Å². The topological polar surface area (TPSA) is 128 Å². The van der Waals surface area contributed by atoms with Gasteiger partial charge in [0, 0.05) is 34.9 Å². The van der Waals surface area contributed by atoms with E-state index in [1.54, 1.807) is 6.33 Å². The molecule has 1 atom stereocenters. The van der Waals surface area contributed by atoms with E-state index in [0.29, 0.717) is 49.1 Å². The predicted molar refractivity (Wildman–Crippen MR) is 135 cm³/mol. The van der Waals surface area contributed by atoms with Gasteiger partial charge >= 0.3 is 0 Å². The van der Waals surface area contributed by atoms with Gasteiger partial charge in [0.2, 0.25) is 5.91 Å². The van der Waals surface area contributed by atoms with Gasteiger partial charge in [-0.05, 0) is 48.2 Å². The second kappa shape index (κ2) is 7.92. The Morgan fingerprint density at radius 2 is 2.06 bits per heavy atom. The largest absolute Gasteiger partial charge is 0.382 e. The van der Waals surface area contributed by atoms with Crippen molar-refractivity contribution < 1.29 is 4.79 Å². The van der Waals surface area contributed by atoms with Gasteiger partial charge in [-0.1, -0.05) is 28.1 Å². The number of imidazole rings is 1. The van der Waals surface area contributed by atoms with Crippen LogP contribution in [0.4, 0.5) is 11.5 Å². The smallest absolute Gasteiger partial charge is 0.242 e. The van der Waals surface area contributed by atoms with E-state index < -0.39 is 5.54 Å². The minimum Gasteiger partial charge on any atom is -0.382 e. The van der Waals surface area contributed by atoms with Crippen LogP contribution in [0.15, 0.2) is 47.5 Å². The minimum atomic E-state index is -0.891. The molecule has 0 unspecified atom stereocenters. The number of benzene rings is 2. The van der Waals surface area contributed by atoms with Crippen molar-refractivity contribution in [2.45, 2.75) is 37.4 Å². The van der Waals surface area contributed by atoms with Crippen molar-refractivity contribution in [2.75, 3.05) is 23.7 Å². The first-order valence-corrected chi connectivity index (χ1v) is 12.2. The van der Waals surface area contributed by atoms with Crippen LogP contribution in [0.1, 0.15) is 24.8 Å². The SMILES string of the molecule is Nc1ncnc2c1ncn2Cc1c(N2CC[C@](N)(C(=O)NC3CC3)C2)ccc2cc(Br)ccc12. The van der Waals surface area contributed by atoms with Gasteiger partial charge in [-0.15, -0.1) is 0 Å². The monoisotopic (exact) mass is 520 g/mol. The molecular formula is C24H25BrN8O. The summed E-state index contributed by atoms with van der Waals surface area (Å²) in [6.45, 7) is 1.73. The van der Waals surface area contributed by atoms with Gasteiger partial charge < -0.3 is 26.3 Å². The summed E-state index contributed by atoms with van der Waals surface area (Å²) < 4.78 is 3.00. The molecule has 34 heavy (non-hydrogen) atoms. The second-order valence-electron chi connectivity index (χ2n) is 9.31. The van der Waals surface area contributed by atoms with Crippen LogP contribution in [-0.2, 0) is 11.3 Å². The maximum Gasteiger partial charge on any atom is 0.242 e. The zero-order valence-electron chi connectivity index (χ0n) is 18.5. The third-order valence-corrected chi connectivity index (χ3v) is 7.33. The molecule has 0 spiro atoms. The zero-order chi connectivity index (χ0) is 23.4. The summed E-state index contributed by atoms with van der Waals surface area (Å²) in [5, 5.41) is 5.33. The van der Waals surface area contributed by atoms with Gasteiger partial charge in [0.15, 0.2) is 11.5 Å². The Morgan fingerprint density at radius 1 is 1.21 bits per heavy atom. The Hall–Kier alpha value is -3.24. The highest BCUT2D eigenvalue weighted by molar-refractivity contribution is 9.10. The molecule has 2 fully saturated rings. The molecule has 174 valence electrons. The number of amides is 1. The van der Waals surface area contributed by atoms with E-state index in [1.807, 2.05) is 10.6 Å². The molecule has 6 rings (SSSR count). The molecule has 2 aliphatic rings. The van der Waals surface area contributed by atoms with E-state index >= 15 is 0 Å². The molecule has 9 nitrogen and oxygen atoms in total. The molecule has 10 heteroatoms. The van der Waals surface area contributed by atoms with Gasteiger partial charge in [0.25, 0.3) is 0 Å². The van der Waals surface area contributed by atoms with Crippen LogP contribution in [0.2, 0.25) is 0 Å². The van der Waals surface area contributed by atoms with Gasteiger partial charge in [-0.2, -0.15) is 0 Å². The summed E-state index contributed by atoms with van der Waals surface area (Å²) in [4.78, 5) is 28.0. The number of carbonyl (C=O) groups excluding carboxylic acids is 1. The molecule has 1 aliphatic carbocycles. The van der Waals surface area contributed by atoms with E-state index in [1.165, 1.54) is 6.33 Å². The number of nitrogens with two attached hydrogens (primary N) is 2. The summed E-state index contributed by atoms with van der Waals surface area (Å²) in [6.07, 6.45) is 5.91. The normalized spacial score (nSPS) is 20.4. The first-order valence-electron chi connectivity index (χ1n) is 11.4. The van der Waals surface area contributed by atoms with Crippen molar-refractivity contribution in [3.63, 3.8) is 0 Å². The van der Waals surface area contributed by atoms with Crippen molar-refractivity contribution in [3.8, 4) is 0 Å². The number of aromatic nitrogens is 4. The van der Waals surface area contributed by atoms with E-state index in [9.17, 15) is 4.79 Å². The molecular weight excluding hydrogens is 496 g/mol. The fourth-order valence-corrected chi connectivity index (χ4v) is 5.16. The molecule has 0 radical (unpaired) electrons. The lowest BCUT2D eigenvalue weighted by Crippen LogP contribution is -2.56. The molecule has 3 heterocycles. The minimum absolute atomic E-state index is 0.0449. The highest BCUT2D eigenvalue weighted by Gasteiger charge is 2.43. The molecule has 2 aromatic heterocycles. The Morgan fingerprint density at radius 3 is 2.88 bits per heavy atom. The lowest BCUT2D eigenvalue weighted by molar-refractivity contribution is -0.125. The lowest BCUT2D eigenvalue weighted by atomic mass is 9.98. The number of fused-ring (bicyclic) bond motifs is 2.